The number of hydrogen-bond donors (Lipinski definition) is 2. The highest BCUT2D eigenvalue weighted by Gasteiger charge is 2.26. The zero-order chi connectivity index (χ0) is 17.7. The van der Waals surface area contributed by atoms with Crippen molar-refractivity contribution in [3.8, 4) is 11.4 Å². The average molecular weight is 347 g/mol. The molecule has 1 aromatic heterocycles. The van der Waals surface area contributed by atoms with Gasteiger partial charge in [-0.2, -0.15) is 8.42 Å². The summed E-state index contributed by atoms with van der Waals surface area (Å²) in [6.45, 7) is 5.48. The maximum Gasteiger partial charge on any atom is 0.294 e. The highest BCUT2D eigenvalue weighted by atomic mass is 32.2. The van der Waals surface area contributed by atoms with Gasteiger partial charge in [0.15, 0.2) is 0 Å². The van der Waals surface area contributed by atoms with Gasteiger partial charge in [-0.3, -0.25) is 4.55 Å². The molecule has 0 bridgehead atoms. The Labute approximate surface area is 139 Å². The van der Waals surface area contributed by atoms with Crippen LogP contribution in [0, 0.1) is 0 Å². The molecule has 0 radical (unpaired) electrons. The van der Waals surface area contributed by atoms with Gasteiger partial charge < -0.3 is 5.11 Å². The van der Waals surface area contributed by atoms with Gasteiger partial charge in [-0.15, -0.1) is 15.0 Å². The van der Waals surface area contributed by atoms with Crippen molar-refractivity contribution < 1.29 is 18.1 Å². The van der Waals surface area contributed by atoms with E-state index in [0.29, 0.717) is 16.6 Å². The Hall–Kier alpha value is -2.45. The Kier molecular flexibility index (Phi) is 3.61. The Morgan fingerprint density at radius 1 is 1.04 bits per heavy atom. The van der Waals surface area contributed by atoms with Gasteiger partial charge >= 0.3 is 0 Å². The molecular weight excluding hydrogens is 330 g/mol. The van der Waals surface area contributed by atoms with E-state index in [1.165, 1.54) is 10.9 Å². The van der Waals surface area contributed by atoms with E-state index in [9.17, 15) is 18.1 Å². The summed E-state index contributed by atoms with van der Waals surface area (Å²) in [4.78, 5) is 0.853. The van der Waals surface area contributed by atoms with Crippen LogP contribution in [0.25, 0.3) is 16.7 Å². The highest BCUT2D eigenvalue weighted by molar-refractivity contribution is 7.85. The molecule has 0 atom stereocenters. The van der Waals surface area contributed by atoms with E-state index in [1.54, 1.807) is 24.3 Å². The Balaban J connectivity index is 2.34. The molecule has 0 spiro atoms. The second-order valence-electron chi connectivity index (χ2n) is 6.54. The van der Waals surface area contributed by atoms with E-state index in [1.807, 2.05) is 20.8 Å². The minimum absolute atomic E-state index is 0.0891. The van der Waals surface area contributed by atoms with E-state index in [0.717, 1.165) is 6.07 Å². The fraction of sp³-hybridized carbons (Fsp3) is 0.250. The normalized spacial score (nSPS) is 12.7. The van der Waals surface area contributed by atoms with Gasteiger partial charge in [-0.05, 0) is 29.7 Å². The number of nitrogens with zero attached hydrogens (tertiary/aromatic N) is 3. The van der Waals surface area contributed by atoms with Crippen LogP contribution < -0.4 is 0 Å². The van der Waals surface area contributed by atoms with Gasteiger partial charge in [0.05, 0.1) is 4.90 Å². The maximum absolute atomic E-state index is 11.6. The van der Waals surface area contributed by atoms with E-state index >= 15 is 0 Å². The first kappa shape index (κ1) is 16.4. The molecule has 0 unspecified atom stereocenters. The van der Waals surface area contributed by atoms with Crippen LogP contribution in [0.4, 0.5) is 0 Å². The molecule has 8 heteroatoms. The van der Waals surface area contributed by atoms with Gasteiger partial charge in [0, 0.05) is 5.56 Å². The van der Waals surface area contributed by atoms with E-state index in [4.69, 9.17) is 0 Å². The number of phenols is 1. The van der Waals surface area contributed by atoms with Gasteiger partial charge in [0.1, 0.15) is 22.5 Å². The monoisotopic (exact) mass is 347 g/mol. The van der Waals surface area contributed by atoms with Crippen molar-refractivity contribution in [2.75, 3.05) is 0 Å². The molecule has 24 heavy (non-hydrogen) atoms. The second kappa shape index (κ2) is 5.29. The molecule has 0 saturated heterocycles. The fourth-order valence-electron chi connectivity index (χ4n) is 2.43. The van der Waals surface area contributed by atoms with Crippen LogP contribution in [-0.2, 0) is 15.5 Å². The first-order valence-electron chi connectivity index (χ1n) is 7.25. The third-order valence-electron chi connectivity index (χ3n) is 3.67. The standard InChI is InChI=1S/C16H17N3O4S/c1-16(2,3)11-8-10(24(21,22)23)9-14(15(11)20)19-17-12-6-4-5-7-13(12)18-19/h4-9,20H,1-3H3,(H,21,22,23). The molecule has 0 aliphatic heterocycles. The topological polar surface area (TPSA) is 105 Å². The molecule has 0 aliphatic rings. The van der Waals surface area contributed by atoms with E-state index < -0.39 is 15.5 Å². The summed E-state index contributed by atoms with van der Waals surface area (Å²) in [6.07, 6.45) is 0. The molecule has 1 heterocycles. The van der Waals surface area contributed by atoms with Crippen LogP contribution in [0.5, 0.6) is 5.75 Å². The lowest BCUT2D eigenvalue weighted by Crippen LogP contribution is -2.15. The first-order chi connectivity index (χ1) is 11.1. The Morgan fingerprint density at radius 2 is 1.58 bits per heavy atom. The number of aromatic nitrogens is 3. The van der Waals surface area contributed by atoms with Gasteiger partial charge in [-0.1, -0.05) is 32.9 Å². The summed E-state index contributed by atoms with van der Waals surface area (Å²) in [6, 6.07) is 9.53. The van der Waals surface area contributed by atoms with Crippen LogP contribution >= 0.6 is 0 Å². The van der Waals surface area contributed by atoms with Crippen molar-refractivity contribution >= 4 is 21.2 Å². The molecular formula is C16H17N3O4S. The molecule has 2 aromatic carbocycles. The zero-order valence-corrected chi connectivity index (χ0v) is 14.2. The molecule has 3 aromatic rings. The summed E-state index contributed by atoms with van der Waals surface area (Å²) < 4.78 is 32.6. The fourth-order valence-corrected chi connectivity index (χ4v) is 2.96. The number of phenolic OH excluding ortho intramolecular Hbond substituents is 1. The molecule has 0 amide bonds. The second-order valence-corrected chi connectivity index (χ2v) is 7.96. The lowest BCUT2D eigenvalue weighted by molar-refractivity contribution is 0.438. The Morgan fingerprint density at radius 3 is 2.04 bits per heavy atom. The number of benzene rings is 2. The van der Waals surface area contributed by atoms with E-state index in [2.05, 4.69) is 10.2 Å². The maximum atomic E-state index is 11.6. The SMILES string of the molecule is CC(C)(C)c1cc(S(=O)(=O)O)cc(-n2nc3ccccc3n2)c1O. The smallest absolute Gasteiger partial charge is 0.294 e. The van der Waals surface area contributed by atoms with Gasteiger partial charge in [0.2, 0.25) is 0 Å². The molecule has 7 nitrogen and oxygen atoms in total. The van der Waals surface area contributed by atoms with Crippen LogP contribution in [0.1, 0.15) is 26.3 Å². The van der Waals surface area contributed by atoms with Crippen LogP contribution in [-0.4, -0.2) is 33.1 Å². The Bertz CT molecular complexity index is 1000. The summed E-state index contributed by atoms with van der Waals surface area (Å²) in [7, 11) is -4.44. The quantitative estimate of drug-likeness (QED) is 0.691. The van der Waals surface area contributed by atoms with Crippen molar-refractivity contribution in [3.63, 3.8) is 0 Å². The predicted octanol–water partition coefficient (Wildman–Crippen LogP) is 2.67. The number of rotatable bonds is 2. The van der Waals surface area contributed by atoms with Crippen molar-refractivity contribution in [1.82, 2.24) is 15.0 Å². The average Bonchev–Trinajstić information content (AvgIpc) is 2.88. The van der Waals surface area contributed by atoms with Crippen LogP contribution in [0.3, 0.4) is 0 Å². The van der Waals surface area contributed by atoms with Crippen LogP contribution in [0.15, 0.2) is 41.3 Å². The summed E-state index contributed by atoms with van der Waals surface area (Å²) in [5.74, 6) is -0.129. The minimum Gasteiger partial charge on any atom is -0.505 e. The largest absolute Gasteiger partial charge is 0.505 e. The summed E-state index contributed by atoms with van der Waals surface area (Å²) in [5, 5.41) is 19.1. The van der Waals surface area contributed by atoms with Gasteiger partial charge in [0.25, 0.3) is 10.1 Å². The molecule has 126 valence electrons. The van der Waals surface area contributed by atoms with Crippen molar-refractivity contribution in [1.29, 1.82) is 0 Å². The first-order valence-corrected chi connectivity index (χ1v) is 8.69. The molecule has 0 saturated carbocycles. The summed E-state index contributed by atoms with van der Waals surface area (Å²) in [5.41, 5.74) is 1.12. The van der Waals surface area contributed by atoms with E-state index in [-0.39, 0.29) is 16.3 Å². The zero-order valence-electron chi connectivity index (χ0n) is 13.4. The third-order valence-corrected chi connectivity index (χ3v) is 4.50. The molecule has 0 fully saturated rings. The third kappa shape index (κ3) is 2.85. The summed E-state index contributed by atoms with van der Waals surface area (Å²) >= 11 is 0. The lowest BCUT2D eigenvalue weighted by atomic mass is 9.86. The number of aromatic hydroxyl groups is 1. The van der Waals surface area contributed by atoms with Crippen molar-refractivity contribution in [3.05, 3.63) is 42.0 Å². The highest BCUT2D eigenvalue weighted by Crippen LogP contribution is 2.37. The van der Waals surface area contributed by atoms with Gasteiger partial charge in [-0.25, -0.2) is 0 Å². The number of hydrogen-bond acceptors (Lipinski definition) is 5. The number of fused-ring (bicyclic) bond motifs is 1. The molecule has 2 N–H and O–H groups in total. The minimum atomic E-state index is -4.44. The van der Waals surface area contributed by atoms with Crippen molar-refractivity contribution in [2.24, 2.45) is 0 Å². The predicted molar refractivity (Wildman–Crippen MR) is 89.0 cm³/mol. The molecule has 3 rings (SSSR count). The molecule has 0 aliphatic carbocycles. The van der Waals surface area contributed by atoms with Crippen molar-refractivity contribution in [2.45, 2.75) is 31.1 Å². The van der Waals surface area contributed by atoms with Crippen LogP contribution in [0.2, 0.25) is 0 Å². The lowest BCUT2D eigenvalue weighted by Gasteiger charge is -2.22.